The van der Waals surface area contributed by atoms with Crippen LogP contribution in [0.5, 0.6) is 0 Å². The molecule has 2 fully saturated rings. The number of halogens is 2. The molecule has 2 atom stereocenters. The number of likely N-dealkylation sites (N-methyl/N-ethyl adjacent to an activating group) is 1. The second-order valence-corrected chi connectivity index (χ2v) is 6.66. The molecule has 2 heterocycles. The Morgan fingerprint density at radius 1 is 1.39 bits per heavy atom. The van der Waals surface area contributed by atoms with Crippen molar-refractivity contribution in [3.05, 3.63) is 29.0 Å². The van der Waals surface area contributed by atoms with Crippen LogP contribution in [0.4, 0.5) is 10.1 Å². The Bertz CT molecular complexity index is 585. The second-order valence-electron chi connectivity index (χ2n) is 6.25. The molecule has 0 radical (unpaired) electrons. The van der Waals surface area contributed by atoms with E-state index >= 15 is 0 Å². The predicted octanol–water partition coefficient (Wildman–Crippen LogP) is 1.74. The summed E-state index contributed by atoms with van der Waals surface area (Å²) in [6.07, 6.45) is 2.06. The van der Waals surface area contributed by atoms with Gasteiger partial charge in [-0.2, -0.15) is 0 Å². The van der Waals surface area contributed by atoms with Gasteiger partial charge in [-0.3, -0.25) is 9.69 Å². The lowest BCUT2D eigenvalue weighted by atomic mass is 10.0. The number of carbonyl (C=O) groups is 1. The van der Waals surface area contributed by atoms with Gasteiger partial charge in [-0.1, -0.05) is 11.6 Å². The number of benzene rings is 1. The zero-order valence-corrected chi connectivity index (χ0v) is 13.9. The molecule has 7 heteroatoms. The molecule has 0 aliphatic carbocycles. The van der Waals surface area contributed by atoms with Crippen molar-refractivity contribution in [3.63, 3.8) is 0 Å². The fourth-order valence-electron chi connectivity index (χ4n) is 3.17. The summed E-state index contributed by atoms with van der Waals surface area (Å²) in [4.78, 5) is 15.9. The highest BCUT2D eigenvalue weighted by molar-refractivity contribution is 6.31. The van der Waals surface area contributed by atoms with E-state index in [1.807, 2.05) is 7.05 Å². The Balaban J connectivity index is 1.59. The Morgan fingerprint density at radius 2 is 2.22 bits per heavy atom. The molecule has 1 aromatic carbocycles. The van der Waals surface area contributed by atoms with Gasteiger partial charge in [-0.15, -0.1) is 0 Å². The van der Waals surface area contributed by atoms with Gasteiger partial charge < -0.3 is 15.5 Å². The largest absolute Gasteiger partial charge is 0.382 e. The average Bonchev–Trinajstić information content (AvgIpc) is 2.54. The molecule has 3 rings (SSSR count). The maximum atomic E-state index is 13.2. The van der Waals surface area contributed by atoms with E-state index in [-0.39, 0.29) is 23.1 Å². The monoisotopic (exact) mass is 340 g/mol. The quantitative estimate of drug-likeness (QED) is 0.880. The zero-order chi connectivity index (χ0) is 16.4. The van der Waals surface area contributed by atoms with E-state index in [9.17, 15) is 9.18 Å². The molecule has 126 valence electrons. The maximum absolute atomic E-state index is 13.2. The summed E-state index contributed by atoms with van der Waals surface area (Å²) in [7, 11) is 1.84. The number of anilines is 1. The first-order valence-corrected chi connectivity index (χ1v) is 8.33. The van der Waals surface area contributed by atoms with E-state index in [0.717, 1.165) is 38.2 Å². The Kier molecular flexibility index (Phi) is 5.04. The Morgan fingerprint density at radius 3 is 2.96 bits per heavy atom. The number of carbonyl (C=O) groups excluding carboxylic acids is 1. The lowest BCUT2D eigenvalue weighted by Crippen LogP contribution is -2.59. The molecule has 2 aliphatic heterocycles. The fraction of sp³-hybridized carbons (Fsp3) is 0.562. The van der Waals surface area contributed by atoms with E-state index in [0.29, 0.717) is 6.54 Å². The normalized spacial score (nSPS) is 26.4. The van der Waals surface area contributed by atoms with Gasteiger partial charge in [0.1, 0.15) is 5.82 Å². The van der Waals surface area contributed by atoms with Gasteiger partial charge in [0.2, 0.25) is 5.91 Å². The Labute approximate surface area is 140 Å². The van der Waals surface area contributed by atoms with E-state index in [1.165, 1.54) is 6.07 Å². The van der Waals surface area contributed by atoms with Crippen LogP contribution >= 0.6 is 11.6 Å². The van der Waals surface area contributed by atoms with Crippen LogP contribution in [-0.4, -0.2) is 61.1 Å². The van der Waals surface area contributed by atoms with Crippen LogP contribution in [0, 0.1) is 5.82 Å². The van der Waals surface area contributed by atoms with Crippen molar-refractivity contribution in [2.24, 2.45) is 0 Å². The van der Waals surface area contributed by atoms with Crippen molar-refractivity contribution < 1.29 is 9.18 Å². The first-order chi connectivity index (χ1) is 11.0. The van der Waals surface area contributed by atoms with Crippen LogP contribution in [0.25, 0.3) is 0 Å². The molecule has 0 saturated carbocycles. The van der Waals surface area contributed by atoms with Gasteiger partial charge in [0, 0.05) is 31.9 Å². The van der Waals surface area contributed by atoms with E-state index in [2.05, 4.69) is 15.5 Å². The van der Waals surface area contributed by atoms with E-state index in [4.69, 9.17) is 11.6 Å². The predicted molar refractivity (Wildman–Crippen MR) is 89.1 cm³/mol. The van der Waals surface area contributed by atoms with E-state index in [1.54, 1.807) is 17.0 Å². The number of hydrogen-bond acceptors (Lipinski definition) is 4. The summed E-state index contributed by atoms with van der Waals surface area (Å²) in [6, 6.07) is 4.98. The van der Waals surface area contributed by atoms with Crippen molar-refractivity contribution in [2.75, 3.05) is 38.5 Å². The SMILES string of the molecule is CN1CCN(C2CC(Nc3ccc(F)c(Cl)c3)CCN2)CC1=O. The third-order valence-electron chi connectivity index (χ3n) is 4.60. The van der Waals surface area contributed by atoms with Crippen LogP contribution < -0.4 is 10.6 Å². The van der Waals surface area contributed by atoms with Crippen LogP contribution in [0.15, 0.2) is 18.2 Å². The minimum absolute atomic E-state index is 0.130. The molecule has 0 aromatic heterocycles. The van der Waals surface area contributed by atoms with Gasteiger partial charge in [0.25, 0.3) is 0 Å². The summed E-state index contributed by atoms with van der Waals surface area (Å²) < 4.78 is 13.2. The van der Waals surface area contributed by atoms with Gasteiger partial charge in [-0.25, -0.2) is 4.39 Å². The molecule has 2 aliphatic rings. The van der Waals surface area contributed by atoms with Crippen LogP contribution in [0.1, 0.15) is 12.8 Å². The minimum atomic E-state index is -0.406. The lowest BCUT2D eigenvalue weighted by molar-refractivity contribution is -0.136. The number of piperidine rings is 1. The summed E-state index contributed by atoms with van der Waals surface area (Å²) in [5.41, 5.74) is 0.830. The summed E-state index contributed by atoms with van der Waals surface area (Å²) in [6.45, 7) is 3.00. The molecule has 0 spiro atoms. The Hall–Kier alpha value is -1.37. The van der Waals surface area contributed by atoms with Gasteiger partial charge in [0.05, 0.1) is 17.7 Å². The number of amides is 1. The number of piperazine rings is 1. The number of rotatable bonds is 3. The third-order valence-corrected chi connectivity index (χ3v) is 4.89. The molecule has 2 unspecified atom stereocenters. The molecule has 2 N–H and O–H groups in total. The minimum Gasteiger partial charge on any atom is -0.382 e. The molecule has 2 saturated heterocycles. The number of nitrogens with one attached hydrogen (secondary N) is 2. The zero-order valence-electron chi connectivity index (χ0n) is 13.2. The average molecular weight is 341 g/mol. The highest BCUT2D eigenvalue weighted by Crippen LogP contribution is 2.23. The van der Waals surface area contributed by atoms with Crippen LogP contribution in [0.3, 0.4) is 0 Å². The summed E-state index contributed by atoms with van der Waals surface area (Å²) >= 11 is 5.83. The van der Waals surface area contributed by atoms with Crippen molar-refractivity contribution in [1.82, 2.24) is 15.1 Å². The molecular formula is C16H22ClFN4O. The van der Waals surface area contributed by atoms with Crippen molar-refractivity contribution in [3.8, 4) is 0 Å². The van der Waals surface area contributed by atoms with Crippen LogP contribution in [-0.2, 0) is 4.79 Å². The summed E-state index contributed by atoms with van der Waals surface area (Å²) in [5, 5.41) is 7.04. The second kappa shape index (κ2) is 7.03. The third kappa shape index (κ3) is 3.94. The maximum Gasteiger partial charge on any atom is 0.236 e. The highest BCUT2D eigenvalue weighted by Gasteiger charge is 2.30. The van der Waals surface area contributed by atoms with Crippen molar-refractivity contribution in [1.29, 1.82) is 0 Å². The first kappa shape index (κ1) is 16.5. The van der Waals surface area contributed by atoms with E-state index < -0.39 is 5.82 Å². The topological polar surface area (TPSA) is 47.6 Å². The molecule has 1 aromatic rings. The van der Waals surface area contributed by atoms with Crippen molar-refractivity contribution >= 4 is 23.2 Å². The molecule has 23 heavy (non-hydrogen) atoms. The van der Waals surface area contributed by atoms with Crippen molar-refractivity contribution in [2.45, 2.75) is 25.0 Å². The molecule has 5 nitrogen and oxygen atoms in total. The fourth-order valence-corrected chi connectivity index (χ4v) is 3.35. The number of hydrogen-bond donors (Lipinski definition) is 2. The van der Waals surface area contributed by atoms with Crippen LogP contribution in [0.2, 0.25) is 5.02 Å². The van der Waals surface area contributed by atoms with Gasteiger partial charge >= 0.3 is 0 Å². The summed E-state index contributed by atoms with van der Waals surface area (Å²) in [5.74, 6) is -0.241. The smallest absolute Gasteiger partial charge is 0.236 e. The lowest BCUT2D eigenvalue weighted by Gasteiger charge is -2.41. The molecule has 0 bridgehead atoms. The molecule has 1 amide bonds. The number of nitrogens with zero attached hydrogens (tertiary/aromatic N) is 2. The standard InChI is InChI=1S/C16H22ClFN4O/c1-21-6-7-22(10-16(21)23)15-9-12(4-5-19-15)20-11-2-3-14(18)13(17)8-11/h2-3,8,12,15,19-20H,4-7,9-10H2,1H3. The molecular weight excluding hydrogens is 319 g/mol. The first-order valence-electron chi connectivity index (χ1n) is 7.96. The van der Waals surface area contributed by atoms with Gasteiger partial charge in [-0.05, 0) is 37.6 Å². The van der Waals surface area contributed by atoms with Gasteiger partial charge in [0.15, 0.2) is 0 Å². The highest BCUT2D eigenvalue weighted by atomic mass is 35.5.